The van der Waals surface area contributed by atoms with Gasteiger partial charge in [-0.25, -0.2) is 0 Å². The van der Waals surface area contributed by atoms with E-state index >= 15 is 0 Å². The second-order valence-electron chi connectivity index (χ2n) is 4.22. The van der Waals surface area contributed by atoms with Gasteiger partial charge in [-0.05, 0) is 36.9 Å². The summed E-state index contributed by atoms with van der Waals surface area (Å²) in [5.41, 5.74) is 8.20. The van der Waals surface area contributed by atoms with E-state index in [2.05, 4.69) is 0 Å². The van der Waals surface area contributed by atoms with E-state index < -0.39 is 0 Å². The van der Waals surface area contributed by atoms with Crippen molar-refractivity contribution in [1.29, 1.82) is 5.41 Å². The largest absolute Gasteiger partial charge is 0.383 e. The summed E-state index contributed by atoms with van der Waals surface area (Å²) in [6, 6.07) is 9.52. The highest BCUT2D eigenvalue weighted by molar-refractivity contribution is 8.00. The van der Waals surface area contributed by atoms with Crippen molar-refractivity contribution in [1.82, 2.24) is 0 Å². The Hall–Kier alpha value is -1.79. The molecule has 1 aromatic heterocycles. The van der Waals surface area contributed by atoms with Crippen molar-refractivity contribution in [2.45, 2.75) is 11.1 Å². The first-order valence-electron chi connectivity index (χ1n) is 5.90. The number of hydrogen-bond acceptors (Lipinski definition) is 4. The molecule has 0 radical (unpaired) electrons. The van der Waals surface area contributed by atoms with E-state index in [1.165, 1.54) is 11.3 Å². The van der Waals surface area contributed by atoms with E-state index in [1.807, 2.05) is 37.4 Å². The molecular weight excluding hydrogens is 290 g/mol. The number of carbonyl (C=O) groups excluding carboxylic acids is 1. The van der Waals surface area contributed by atoms with Crippen LogP contribution < -0.4 is 10.6 Å². The number of carbonyl (C=O) groups is 1. The Labute approximate surface area is 126 Å². The Bertz CT molecular complexity index is 652. The number of nitrogen functional groups attached to an aromatic ring is 1. The average molecular weight is 305 g/mol. The summed E-state index contributed by atoms with van der Waals surface area (Å²) in [6.07, 6.45) is 2.74. The molecule has 0 saturated carbocycles. The number of anilines is 2. The first-order chi connectivity index (χ1) is 9.56. The number of rotatable bonds is 5. The first-order valence-corrected chi connectivity index (χ1v) is 7.94. The fraction of sp³-hybridized carbons (Fsp3) is 0.143. The summed E-state index contributed by atoms with van der Waals surface area (Å²) in [5, 5.41) is 7.53. The molecule has 104 valence electrons. The highest BCUT2D eigenvalue weighted by Gasteiger charge is 2.17. The second kappa shape index (κ2) is 6.11. The predicted molar refractivity (Wildman–Crippen MR) is 86.5 cm³/mol. The molecule has 4 nitrogen and oxygen atoms in total. The number of aryl methyl sites for hydroxylation is 1. The van der Waals surface area contributed by atoms with Gasteiger partial charge in [0.05, 0.1) is 14.8 Å². The van der Waals surface area contributed by atoms with Crippen LogP contribution in [0.25, 0.3) is 0 Å². The zero-order valence-corrected chi connectivity index (χ0v) is 12.8. The highest BCUT2D eigenvalue weighted by atomic mass is 32.2. The molecule has 20 heavy (non-hydrogen) atoms. The maximum atomic E-state index is 11.5. The lowest BCUT2D eigenvalue weighted by molar-refractivity contribution is -0.106. The third kappa shape index (κ3) is 2.86. The number of hydrogen-bond donors (Lipinski definition) is 2. The average Bonchev–Trinajstić information content (AvgIpc) is 2.84. The Morgan fingerprint density at radius 2 is 2.20 bits per heavy atom. The van der Waals surface area contributed by atoms with Crippen LogP contribution in [-0.2, 0) is 4.79 Å². The molecule has 1 heterocycles. The van der Waals surface area contributed by atoms with E-state index in [0.29, 0.717) is 4.88 Å². The molecule has 3 N–H and O–H groups in total. The zero-order chi connectivity index (χ0) is 14.7. The normalized spacial score (nSPS) is 10.3. The van der Waals surface area contributed by atoms with Gasteiger partial charge in [0.1, 0.15) is 5.84 Å². The van der Waals surface area contributed by atoms with E-state index in [4.69, 9.17) is 11.1 Å². The Morgan fingerprint density at radius 1 is 1.45 bits per heavy atom. The molecule has 0 aliphatic heterocycles. The van der Waals surface area contributed by atoms with Crippen LogP contribution >= 0.6 is 23.1 Å². The minimum atomic E-state index is 0.0200. The van der Waals surface area contributed by atoms with Crippen LogP contribution in [0.5, 0.6) is 0 Å². The van der Waals surface area contributed by atoms with E-state index in [9.17, 15) is 4.79 Å². The topological polar surface area (TPSA) is 70.2 Å². The lowest BCUT2D eigenvalue weighted by Crippen LogP contribution is -2.14. The molecule has 0 fully saturated rings. The summed E-state index contributed by atoms with van der Waals surface area (Å²) in [7, 11) is 0. The van der Waals surface area contributed by atoms with Gasteiger partial charge in [0.15, 0.2) is 0 Å². The summed E-state index contributed by atoms with van der Waals surface area (Å²) in [4.78, 5) is 13.8. The molecule has 0 aliphatic carbocycles. The van der Waals surface area contributed by atoms with E-state index in [-0.39, 0.29) is 5.84 Å². The van der Waals surface area contributed by atoms with Crippen molar-refractivity contribution in [2.24, 2.45) is 5.73 Å². The smallest absolute Gasteiger partial charge is 0.218 e. The summed E-state index contributed by atoms with van der Waals surface area (Å²) < 4.78 is 0.962. The summed E-state index contributed by atoms with van der Waals surface area (Å²) >= 11 is 2.96. The van der Waals surface area contributed by atoms with Gasteiger partial charge in [-0.15, -0.1) is 23.1 Å². The fourth-order valence-electron chi connectivity index (χ4n) is 1.85. The molecule has 1 amide bonds. The maximum Gasteiger partial charge on any atom is 0.218 e. The second-order valence-corrected chi connectivity index (χ2v) is 6.34. The summed E-state index contributed by atoms with van der Waals surface area (Å²) in [6.45, 7) is 1.98. The number of benzene rings is 1. The van der Waals surface area contributed by atoms with Crippen molar-refractivity contribution < 1.29 is 4.79 Å². The van der Waals surface area contributed by atoms with Crippen molar-refractivity contribution in [3.8, 4) is 0 Å². The monoisotopic (exact) mass is 305 g/mol. The number of nitrogens with zero attached hydrogens (tertiary/aromatic N) is 1. The third-order valence-corrected chi connectivity index (χ3v) is 5.06. The lowest BCUT2D eigenvalue weighted by atomic mass is 10.2. The minimum Gasteiger partial charge on any atom is -0.383 e. The van der Waals surface area contributed by atoms with Crippen LogP contribution in [0.15, 0.2) is 34.5 Å². The molecular formula is C14H15N3OS2. The van der Waals surface area contributed by atoms with Crippen LogP contribution in [-0.4, -0.2) is 18.5 Å². The highest BCUT2D eigenvalue weighted by Crippen LogP contribution is 2.39. The molecule has 6 heteroatoms. The molecule has 0 unspecified atom stereocenters. The van der Waals surface area contributed by atoms with Gasteiger partial charge in [-0.3, -0.25) is 15.1 Å². The van der Waals surface area contributed by atoms with Crippen molar-refractivity contribution in [3.63, 3.8) is 0 Å². The molecule has 0 bridgehead atoms. The van der Waals surface area contributed by atoms with Gasteiger partial charge in [0, 0.05) is 5.69 Å². The Kier molecular flexibility index (Phi) is 4.46. The number of thioether (sulfide) groups is 1. The van der Waals surface area contributed by atoms with Crippen molar-refractivity contribution in [2.75, 3.05) is 11.2 Å². The SMILES string of the molecule is CSc1sc(C(=N)N)cc1N(C=O)c1cccc(C)c1. The number of nitrogens with two attached hydrogens (primary N) is 1. The van der Waals surface area contributed by atoms with Crippen LogP contribution in [0.2, 0.25) is 0 Å². The number of amidine groups is 1. The standard InChI is InChI=1S/C14H15N3OS2/c1-9-4-3-5-10(6-9)17(8-18)11-7-12(13(15)16)20-14(11)19-2/h3-8H,1-2H3,(H3,15,16). The molecule has 0 aliphatic rings. The maximum absolute atomic E-state index is 11.5. The number of nitrogens with one attached hydrogen (secondary N) is 1. The molecule has 0 atom stereocenters. The molecule has 1 aromatic carbocycles. The van der Waals surface area contributed by atoms with Gasteiger partial charge in [-0.1, -0.05) is 12.1 Å². The summed E-state index contributed by atoms with van der Waals surface area (Å²) in [5.74, 6) is 0.0200. The van der Waals surface area contributed by atoms with E-state index in [0.717, 1.165) is 27.6 Å². The predicted octanol–water partition coefficient (Wildman–Crippen LogP) is 3.36. The molecule has 0 spiro atoms. The van der Waals surface area contributed by atoms with Crippen LogP contribution in [0.1, 0.15) is 10.4 Å². The lowest BCUT2D eigenvalue weighted by Gasteiger charge is -2.17. The van der Waals surface area contributed by atoms with Gasteiger partial charge in [0.25, 0.3) is 0 Å². The number of thiophene rings is 1. The van der Waals surface area contributed by atoms with Crippen molar-refractivity contribution in [3.05, 3.63) is 40.8 Å². The zero-order valence-electron chi connectivity index (χ0n) is 11.2. The van der Waals surface area contributed by atoms with Gasteiger partial charge >= 0.3 is 0 Å². The van der Waals surface area contributed by atoms with Gasteiger partial charge < -0.3 is 5.73 Å². The van der Waals surface area contributed by atoms with Crippen LogP contribution in [0, 0.1) is 12.3 Å². The molecule has 0 saturated heterocycles. The van der Waals surface area contributed by atoms with Crippen LogP contribution in [0.4, 0.5) is 11.4 Å². The number of amides is 1. The van der Waals surface area contributed by atoms with Gasteiger partial charge in [-0.2, -0.15) is 0 Å². The first kappa shape index (κ1) is 14.6. The third-order valence-electron chi connectivity index (χ3n) is 2.78. The van der Waals surface area contributed by atoms with E-state index in [1.54, 1.807) is 22.7 Å². The van der Waals surface area contributed by atoms with Crippen LogP contribution in [0.3, 0.4) is 0 Å². The fourth-order valence-corrected chi connectivity index (χ4v) is 3.56. The quantitative estimate of drug-likeness (QED) is 0.385. The Morgan fingerprint density at radius 3 is 2.75 bits per heavy atom. The minimum absolute atomic E-state index is 0.0200. The Balaban J connectivity index is 2.51. The molecule has 2 aromatic rings. The van der Waals surface area contributed by atoms with Gasteiger partial charge in [0.2, 0.25) is 6.41 Å². The van der Waals surface area contributed by atoms with Crippen molar-refractivity contribution >= 4 is 46.7 Å². The molecule has 2 rings (SSSR count).